The van der Waals surface area contributed by atoms with Gasteiger partial charge in [0.1, 0.15) is 0 Å². The number of nitrogens with two attached hydrogens (primary N) is 1. The van der Waals surface area contributed by atoms with E-state index in [0.29, 0.717) is 37.4 Å². The highest BCUT2D eigenvalue weighted by Crippen LogP contribution is 2.31. The first kappa shape index (κ1) is 23.1. The number of carbonyl (C=O) groups is 1. The fourth-order valence-corrected chi connectivity index (χ4v) is 4.15. The molecule has 2 rings (SSSR count). The lowest BCUT2D eigenvalue weighted by Crippen LogP contribution is -2.35. The maximum absolute atomic E-state index is 13.9. The third-order valence-corrected chi connectivity index (χ3v) is 6.27. The second kappa shape index (κ2) is 10.5. The normalized spacial score (nSPS) is 15.0. The van der Waals surface area contributed by atoms with Crippen molar-refractivity contribution < 1.29 is 22.3 Å². The number of hydrogen-bond acceptors (Lipinski definition) is 5. The minimum atomic E-state index is -3.52. The molecule has 1 aromatic rings. The van der Waals surface area contributed by atoms with Gasteiger partial charge < -0.3 is 10.5 Å². The molecular weight excluding hydrogens is 399 g/mol. The second-order valence-corrected chi connectivity index (χ2v) is 9.20. The fraction of sp³-hybridized carbons (Fsp3) is 0.579. The van der Waals surface area contributed by atoms with Crippen LogP contribution in [0, 0.1) is 17.1 Å². The molecule has 4 N–H and O–H groups in total. The van der Waals surface area contributed by atoms with Gasteiger partial charge >= 0.3 is 6.03 Å². The quantitative estimate of drug-likeness (QED) is 0.254. The number of sulfonamides is 1. The first-order valence-electron chi connectivity index (χ1n) is 9.70. The smallest absolute Gasteiger partial charge is 0.319 e. The number of hydrogen-bond donors (Lipinski definition) is 3. The number of unbranched alkanes of at least 4 members (excludes halogenated alkanes) is 2. The molecule has 10 heteroatoms. The molecule has 162 valence electrons. The van der Waals surface area contributed by atoms with E-state index in [1.165, 1.54) is 6.07 Å². The largest absolute Gasteiger partial charge is 0.490 e. The van der Waals surface area contributed by atoms with Gasteiger partial charge in [-0.25, -0.2) is 22.3 Å². The Morgan fingerprint density at radius 2 is 2.14 bits per heavy atom. The second-order valence-electron chi connectivity index (χ2n) is 7.32. The summed E-state index contributed by atoms with van der Waals surface area (Å²) in [6, 6.07) is 3.15. The van der Waals surface area contributed by atoms with E-state index in [9.17, 15) is 17.6 Å². The summed E-state index contributed by atoms with van der Waals surface area (Å²) in [4.78, 5) is 12.1. The molecule has 0 aromatic heterocycles. The van der Waals surface area contributed by atoms with E-state index < -0.39 is 27.9 Å². The Labute approximate surface area is 171 Å². The van der Waals surface area contributed by atoms with Crippen LogP contribution in [0.3, 0.4) is 0 Å². The standard InChI is InChI=1S/C19H29FN4O4S/c1-14(16-7-8-17(20)18(11-16)28-12-15-5-6-15)23-29(26,27)10-4-2-3-9-24(13-21)19(22)25/h7-8,11,13-15,21,23H,2-6,9-10,12H2,1H3,(H2,22,25)/t14-/m1/s1. The van der Waals surface area contributed by atoms with Crippen LogP contribution >= 0.6 is 0 Å². The summed E-state index contributed by atoms with van der Waals surface area (Å²) in [6.45, 7) is 2.46. The molecule has 1 aliphatic carbocycles. The van der Waals surface area contributed by atoms with E-state index in [-0.39, 0.29) is 18.0 Å². The van der Waals surface area contributed by atoms with Crippen LogP contribution in [-0.2, 0) is 10.0 Å². The topological polar surface area (TPSA) is 126 Å². The van der Waals surface area contributed by atoms with Crippen molar-refractivity contribution >= 4 is 22.4 Å². The van der Waals surface area contributed by atoms with Gasteiger partial charge in [0.05, 0.1) is 18.7 Å². The Morgan fingerprint density at radius 1 is 1.41 bits per heavy atom. The summed E-state index contributed by atoms with van der Waals surface area (Å²) < 4.78 is 46.6. The molecule has 1 aliphatic rings. The number of urea groups is 1. The highest BCUT2D eigenvalue weighted by Gasteiger charge is 2.23. The maximum atomic E-state index is 13.9. The number of ether oxygens (including phenoxy) is 1. The average Bonchev–Trinajstić information content (AvgIpc) is 3.47. The molecular formula is C19H29FN4O4S. The van der Waals surface area contributed by atoms with Crippen molar-refractivity contribution in [1.29, 1.82) is 5.41 Å². The zero-order chi connectivity index (χ0) is 21.4. The highest BCUT2D eigenvalue weighted by atomic mass is 32.2. The van der Waals surface area contributed by atoms with Crippen LogP contribution in [0.25, 0.3) is 0 Å². The third kappa shape index (κ3) is 7.98. The van der Waals surface area contributed by atoms with E-state index in [1.807, 2.05) is 0 Å². The van der Waals surface area contributed by atoms with Crippen LogP contribution in [0.15, 0.2) is 18.2 Å². The predicted molar refractivity (Wildman–Crippen MR) is 109 cm³/mol. The molecule has 0 aliphatic heterocycles. The monoisotopic (exact) mass is 428 g/mol. The molecule has 1 aromatic carbocycles. The van der Waals surface area contributed by atoms with Gasteiger partial charge in [-0.1, -0.05) is 12.5 Å². The summed E-state index contributed by atoms with van der Waals surface area (Å²) >= 11 is 0. The number of nitrogens with zero attached hydrogens (tertiary/aromatic N) is 1. The van der Waals surface area contributed by atoms with Gasteiger partial charge in [-0.3, -0.25) is 10.3 Å². The Balaban J connectivity index is 1.80. The van der Waals surface area contributed by atoms with Crippen molar-refractivity contribution in [2.75, 3.05) is 18.9 Å². The van der Waals surface area contributed by atoms with Crippen LogP contribution in [0.5, 0.6) is 5.75 Å². The van der Waals surface area contributed by atoms with Crippen molar-refractivity contribution in [3.8, 4) is 5.75 Å². The van der Waals surface area contributed by atoms with Gasteiger partial charge in [0.25, 0.3) is 0 Å². The molecule has 0 radical (unpaired) electrons. The maximum Gasteiger partial charge on any atom is 0.319 e. The van der Waals surface area contributed by atoms with Gasteiger partial charge in [0.2, 0.25) is 10.0 Å². The van der Waals surface area contributed by atoms with E-state index in [4.69, 9.17) is 15.9 Å². The lowest BCUT2D eigenvalue weighted by atomic mass is 10.1. The van der Waals surface area contributed by atoms with E-state index in [0.717, 1.165) is 24.1 Å². The number of halogens is 1. The summed E-state index contributed by atoms with van der Waals surface area (Å²) in [5, 5.41) is 7.07. The lowest BCUT2D eigenvalue weighted by Gasteiger charge is -2.17. The molecule has 29 heavy (non-hydrogen) atoms. The van der Waals surface area contributed by atoms with Gasteiger partial charge in [0, 0.05) is 12.6 Å². The van der Waals surface area contributed by atoms with Crippen LogP contribution in [0.1, 0.15) is 50.6 Å². The number of amides is 2. The number of nitrogens with one attached hydrogen (secondary N) is 2. The molecule has 0 unspecified atom stereocenters. The fourth-order valence-electron chi connectivity index (χ4n) is 2.78. The zero-order valence-electron chi connectivity index (χ0n) is 16.6. The van der Waals surface area contributed by atoms with Gasteiger partial charge in [-0.15, -0.1) is 0 Å². The van der Waals surface area contributed by atoms with Crippen LogP contribution in [0.4, 0.5) is 9.18 Å². The molecule has 0 spiro atoms. The van der Waals surface area contributed by atoms with E-state index in [1.54, 1.807) is 19.1 Å². The average molecular weight is 429 g/mol. The third-order valence-electron chi connectivity index (χ3n) is 4.73. The zero-order valence-corrected chi connectivity index (χ0v) is 17.4. The number of carbonyl (C=O) groups excluding carboxylic acids is 1. The molecule has 0 bridgehead atoms. The predicted octanol–water partition coefficient (Wildman–Crippen LogP) is 2.75. The van der Waals surface area contributed by atoms with E-state index >= 15 is 0 Å². The number of rotatable bonds is 13. The van der Waals surface area contributed by atoms with Gasteiger partial charge in [0.15, 0.2) is 11.6 Å². The van der Waals surface area contributed by atoms with Crippen molar-refractivity contribution in [3.63, 3.8) is 0 Å². The van der Waals surface area contributed by atoms with Crippen molar-refractivity contribution in [2.24, 2.45) is 11.7 Å². The summed E-state index contributed by atoms with van der Waals surface area (Å²) in [7, 11) is -3.52. The van der Waals surface area contributed by atoms with Crippen molar-refractivity contribution in [3.05, 3.63) is 29.6 Å². The van der Waals surface area contributed by atoms with Crippen molar-refractivity contribution in [1.82, 2.24) is 9.62 Å². The molecule has 1 saturated carbocycles. The molecule has 1 fully saturated rings. The summed E-state index contributed by atoms with van der Waals surface area (Å²) in [5.74, 6) is 0.109. The highest BCUT2D eigenvalue weighted by molar-refractivity contribution is 7.89. The SMILES string of the molecule is C[C@@H](NS(=O)(=O)CCCCCN(C=N)C(N)=O)c1ccc(F)c(OCC2CC2)c1. The van der Waals surface area contributed by atoms with E-state index in [2.05, 4.69) is 4.72 Å². The van der Waals surface area contributed by atoms with Crippen LogP contribution in [-0.4, -0.2) is 44.6 Å². The van der Waals surface area contributed by atoms with Crippen LogP contribution in [0.2, 0.25) is 0 Å². The van der Waals surface area contributed by atoms with Crippen LogP contribution < -0.4 is 15.2 Å². The Kier molecular flexibility index (Phi) is 8.39. The minimum Gasteiger partial charge on any atom is -0.490 e. The summed E-state index contributed by atoms with van der Waals surface area (Å²) in [5.41, 5.74) is 5.72. The molecule has 2 amide bonds. The minimum absolute atomic E-state index is 0.0647. The number of primary amides is 1. The Bertz CT molecular complexity index is 814. The molecule has 0 heterocycles. The molecule has 1 atom stereocenters. The molecule has 8 nitrogen and oxygen atoms in total. The Morgan fingerprint density at radius 3 is 2.76 bits per heavy atom. The lowest BCUT2D eigenvalue weighted by molar-refractivity contribution is 0.230. The van der Waals surface area contributed by atoms with Gasteiger partial charge in [-0.2, -0.15) is 0 Å². The van der Waals surface area contributed by atoms with Crippen molar-refractivity contribution in [2.45, 2.75) is 45.1 Å². The first-order chi connectivity index (χ1) is 13.7. The molecule has 0 saturated heterocycles. The number of benzene rings is 1. The summed E-state index contributed by atoms with van der Waals surface area (Å²) in [6.07, 6.45) is 4.57. The Hall–Kier alpha value is -2.20. The first-order valence-corrected chi connectivity index (χ1v) is 11.4. The van der Waals surface area contributed by atoms with Gasteiger partial charge in [-0.05, 0) is 56.2 Å².